The molecule has 0 spiro atoms. The Morgan fingerprint density at radius 3 is 2.59 bits per heavy atom. The largest absolute Gasteiger partial charge is 0.416 e. The smallest absolute Gasteiger partial charge is 0.378 e. The molecule has 1 atom stereocenters. The molecule has 2 rings (SSSR count). The lowest BCUT2D eigenvalue weighted by Crippen LogP contribution is -2.57. The van der Waals surface area contributed by atoms with Crippen molar-refractivity contribution in [1.29, 1.82) is 0 Å². The number of alkyl halides is 3. The highest BCUT2D eigenvalue weighted by Gasteiger charge is 2.40. The number of benzene rings is 1. The number of carbonyl (C=O) groups excluding carboxylic acids is 2. The van der Waals surface area contributed by atoms with Crippen LogP contribution in [0.3, 0.4) is 0 Å². The number of nitrogens with zero attached hydrogens (tertiary/aromatic N) is 1. The molecule has 1 aromatic rings. The fourth-order valence-electron chi connectivity index (χ4n) is 2.42. The quantitative estimate of drug-likeness (QED) is 0.859. The number of rotatable bonds is 2. The molecular weight excluding hydrogens is 301 g/mol. The first kappa shape index (κ1) is 16.3. The standard InChI is InChI=1S/C14H15F3N2O3/c15-14(16,17)10-4-1-3-9(7-10)11(20)19-6-2-5-13(22,8-19)12(18)21/h1,3-4,7,22H,2,5-6,8H2,(H2,18,21)/t13-/m0/s1. The maximum absolute atomic E-state index is 12.7. The number of piperidine rings is 1. The van der Waals surface area contributed by atoms with Crippen LogP contribution in [0.4, 0.5) is 13.2 Å². The fraction of sp³-hybridized carbons (Fsp3) is 0.429. The van der Waals surface area contributed by atoms with Crippen LogP contribution in [0.15, 0.2) is 24.3 Å². The van der Waals surface area contributed by atoms with Gasteiger partial charge in [-0.15, -0.1) is 0 Å². The molecule has 5 nitrogen and oxygen atoms in total. The molecule has 2 amide bonds. The monoisotopic (exact) mass is 316 g/mol. The predicted octanol–water partition coefficient (Wildman–Crippen LogP) is 1.16. The third-order valence-electron chi connectivity index (χ3n) is 3.65. The van der Waals surface area contributed by atoms with E-state index in [0.29, 0.717) is 6.42 Å². The van der Waals surface area contributed by atoms with Crippen LogP contribution in [0.25, 0.3) is 0 Å². The number of β-amino-alcohol motifs (C(OH)–C–C–N with tert-alkyl or cyclic N) is 1. The maximum atomic E-state index is 12.7. The van der Waals surface area contributed by atoms with Crippen molar-refractivity contribution in [2.45, 2.75) is 24.6 Å². The molecule has 3 N–H and O–H groups in total. The van der Waals surface area contributed by atoms with Gasteiger partial charge in [0, 0.05) is 12.1 Å². The Kier molecular flexibility index (Phi) is 4.15. The number of amides is 2. The number of aliphatic hydroxyl groups is 1. The first-order valence-corrected chi connectivity index (χ1v) is 6.62. The van der Waals surface area contributed by atoms with Crippen LogP contribution in [-0.4, -0.2) is 40.5 Å². The molecule has 120 valence electrons. The summed E-state index contributed by atoms with van der Waals surface area (Å²) in [4.78, 5) is 24.7. The maximum Gasteiger partial charge on any atom is 0.416 e. The van der Waals surface area contributed by atoms with Crippen molar-refractivity contribution in [1.82, 2.24) is 4.90 Å². The molecule has 0 unspecified atom stereocenters. The lowest BCUT2D eigenvalue weighted by molar-refractivity contribution is -0.140. The van der Waals surface area contributed by atoms with Gasteiger partial charge in [0.1, 0.15) is 0 Å². The van der Waals surface area contributed by atoms with Crippen LogP contribution < -0.4 is 5.73 Å². The van der Waals surface area contributed by atoms with E-state index in [4.69, 9.17) is 5.73 Å². The molecule has 1 fully saturated rings. The van der Waals surface area contributed by atoms with Gasteiger partial charge in [0.05, 0.1) is 12.1 Å². The lowest BCUT2D eigenvalue weighted by Gasteiger charge is -2.37. The predicted molar refractivity (Wildman–Crippen MR) is 70.7 cm³/mol. The zero-order valence-electron chi connectivity index (χ0n) is 11.6. The molecule has 1 aliphatic rings. The van der Waals surface area contributed by atoms with Crippen molar-refractivity contribution >= 4 is 11.8 Å². The highest BCUT2D eigenvalue weighted by atomic mass is 19.4. The van der Waals surface area contributed by atoms with E-state index in [9.17, 15) is 27.9 Å². The average molecular weight is 316 g/mol. The van der Waals surface area contributed by atoms with Crippen molar-refractivity contribution in [3.8, 4) is 0 Å². The normalized spacial score (nSPS) is 22.5. The Morgan fingerprint density at radius 1 is 1.32 bits per heavy atom. The molecule has 1 saturated heterocycles. The van der Waals surface area contributed by atoms with Crippen LogP contribution in [-0.2, 0) is 11.0 Å². The van der Waals surface area contributed by atoms with E-state index in [1.165, 1.54) is 6.07 Å². The van der Waals surface area contributed by atoms with E-state index in [2.05, 4.69) is 0 Å². The van der Waals surface area contributed by atoms with Crippen molar-refractivity contribution in [2.24, 2.45) is 5.73 Å². The zero-order valence-corrected chi connectivity index (χ0v) is 11.6. The first-order valence-electron chi connectivity index (χ1n) is 6.62. The van der Waals surface area contributed by atoms with Crippen molar-refractivity contribution in [3.63, 3.8) is 0 Å². The molecule has 0 aliphatic carbocycles. The lowest BCUT2D eigenvalue weighted by atomic mass is 9.91. The van der Waals surface area contributed by atoms with Gasteiger partial charge in [-0.3, -0.25) is 9.59 Å². The summed E-state index contributed by atoms with van der Waals surface area (Å²) in [5.41, 5.74) is 2.19. The molecule has 8 heteroatoms. The molecule has 0 saturated carbocycles. The minimum Gasteiger partial charge on any atom is -0.378 e. The third-order valence-corrected chi connectivity index (χ3v) is 3.65. The number of carbonyl (C=O) groups is 2. The summed E-state index contributed by atoms with van der Waals surface area (Å²) in [6.07, 6.45) is -4.09. The van der Waals surface area contributed by atoms with Crippen LogP contribution in [0.2, 0.25) is 0 Å². The molecule has 0 radical (unpaired) electrons. The summed E-state index contributed by atoms with van der Waals surface area (Å²) in [5, 5.41) is 10.1. The number of hydrogen-bond acceptors (Lipinski definition) is 3. The number of likely N-dealkylation sites (tertiary alicyclic amines) is 1. The van der Waals surface area contributed by atoms with Crippen molar-refractivity contribution < 1.29 is 27.9 Å². The first-order chi connectivity index (χ1) is 10.1. The Morgan fingerprint density at radius 2 is 2.00 bits per heavy atom. The Hall–Kier alpha value is -2.09. The fourth-order valence-corrected chi connectivity index (χ4v) is 2.42. The molecule has 1 aliphatic heterocycles. The Labute approximate surface area is 124 Å². The highest BCUT2D eigenvalue weighted by Crippen LogP contribution is 2.30. The number of hydrogen-bond donors (Lipinski definition) is 2. The van der Waals surface area contributed by atoms with E-state index in [1.54, 1.807) is 0 Å². The third kappa shape index (κ3) is 3.22. The zero-order chi connectivity index (χ0) is 16.5. The van der Waals surface area contributed by atoms with E-state index in [-0.39, 0.29) is 25.1 Å². The van der Waals surface area contributed by atoms with E-state index in [0.717, 1.165) is 23.1 Å². The van der Waals surface area contributed by atoms with E-state index >= 15 is 0 Å². The Bertz CT molecular complexity index is 603. The molecular formula is C14H15F3N2O3. The summed E-state index contributed by atoms with van der Waals surface area (Å²) in [7, 11) is 0. The summed E-state index contributed by atoms with van der Waals surface area (Å²) in [5.74, 6) is -1.63. The average Bonchev–Trinajstić information content (AvgIpc) is 2.45. The topological polar surface area (TPSA) is 83.6 Å². The summed E-state index contributed by atoms with van der Waals surface area (Å²) >= 11 is 0. The molecule has 0 bridgehead atoms. The molecule has 22 heavy (non-hydrogen) atoms. The van der Waals surface area contributed by atoms with Crippen LogP contribution >= 0.6 is 0 Å². The van der Waals surface area contributed by atoms with Crippen LogP contribution in [0.1, 0.15) is 28.8 Å². The van der Waals surface area contributed by atoms with E-state index < -0.39 is 29.2 Å². The minimum absolute atomic E-state index is 0.120. The van der Waals surface area contributed by atoms with Gasteiger partial charge in [0.25, 0.3) is 11.8 Å². The van der Waals surface area contributed by atoms with Gasteiger partial charge in [-0.1, -0.05) is 6.07 Å². The van der Waals surface area contributed by atoms with Gasteiger partial charge < -0.3 is 15.7 Å². The van der Waals surface area contributed by atoms with Crippen molar-refractivity contribution in [2.75, 3.05) is 13.1 Å². The van der Waals surface area contributed by atoms with E-state index in [1.807, 2.05) is 0 Å². The molecule has 1 aromatic carbocycles. The van der Waals surface area contributed by atoms with Crippen LogP contribution in [0.5, 0.6) is 0 Å². The highest BCUT2D eigenvalue weighted by molar-refractivity contribution is 5.95. The summed E-state index contributed by atoms with van der Waals surface area (Å²) in [6.45, 7) is -0.0813. The minimum atomic E-state index is -4.55. The van der Waals surface area contributed by atoms with Gasteiger partial charge in [-0.2, -0.15) is 13.2 Å². The summed E-state index contributed by atoms with van der Waals surface area (Å²) < 4.78 is 38.0. The van der Waals surface area contributed by atoms with Crippen molar-refractivity contribution in [3.05, 3.63) is 35.4 Å². The van der Waals surface area contributed by atoms with Gasteiger partial charge in [-0.25, -0.2) is 0 Å². The number of halogens is 3. The van der Waals surface area contributed by atoms with Gasteiger partial charge >= 0.3 is 6.18 Å². The van der Waals surface area contributed by atoms with Crippen LogP contribution in [0, 0.1) is 0 Å². The SMILES string of the molecule is NC(=O)[C@]1(O)CCCN(C(=O)c2cccc(C(F)(F)F)c2)C1. The number of primary amides is 1. The number of nitrogens with two attached hydrogens (primary N) is 1. The van der Waals surface area contributed by atoms with Gasteiger partial charge in [0.2, 0.25) is 0 Å². The van der Waals surface area contributed by atoms with Gasteiger partial charge in [-0.05, 0) is 31.0 Å². The Balaban J connectivity index is 2.23. The second kappa shape index (κ2) is 5.60. The second-order valence-electron chi connectivity index (χ2n) is 5.30. The van der Waals surface area contributed by atoms with Gasteiger partial charge in [0.15, 0.2) is 5.60 Å². The molecule has 1 heterocycles. The second-order valence-corrected chi connectivity index (χ2v) is 5.30. The molecule has 0 aromatic heterocycles. The summed E-state index contributed by atoms with van der Waals surface area (Å²) in [6, 6.07) is 4.02.